The van der Waals surface area contributed by atoms with Gasteiger partial charge in [0, 0.05) is 0 Å². The second kappa shape index (κ2) is 6.18. The average Bonchev–Trinajstić information content (AvgIpc) is 2.11. The second-order valence-corrected chi connectivity index (χ2v) is 4.61. The molecule has 0 rings (SSSR count). The lowest BCUT2D eigenvalue weighted by Gasteiger charge is -2.13. The molecule has 0 radical (unpaired) electrons. The van der Waals surface area contributed by atoms with E-state index in [1.165, 1.54) is 0 Å². The highest BCUT2D eigenvalue weighted by molar-refractivity contribution is 7.51. The molecule has 0 saturated heterocycles. The van der Waals surface area contributed by atoms with Crippen molar-refractivity contribution in [3.63, 3.8) is 0 Å². The monoisotopic (exact) mass is 270 g/mol. The predicted molar refractivity (Wildman–Crippen MR) is 52.3 cm³/mol. The number of hydrogen-bond donors (Lipinski definition) is 6. The number of nitrogens with one attached hydrogen (secondary N) is 2. The van der Waals surface area contributed by atoms with E-state index in [1.54, 1.807) is 10.6 Å². The fourth-order valence-electron chi connectivity index (χ4n) is 0.759. The summed E-state index contributed by atoms with van der Waals surface area (Å²) in [6.45, 7) is 0. The van der Waals surface area contributed by atoms with Gasteiger partial charge in [0.05, 0.1) is 6.42 Å². The minimum absolute atomic E-state index is 0.849. The molecule has 0 aromatic rings. The Kier molecular flexibility index (Phi) is 5.59. The zero-order valence-corrected chi connectivity index (χ0v) is 9.26. The Hall–Kier alpha value is -1.64. The van der Waals surface area contributed by atoms with Crippen molar-refractivity contribution in [1.29, 1.82) is 0 Å². The minimum atomic E-state index is -4.45. The van der Waals surface area contributed by atoms with E-state index in [9.17, 15) is 18.9 Å². The molecule has 2 amide bonds. The standard InChI is InChI=1S/C6H11N2O8P/c9-4(10)1-3(5(11)12)8-6(13)7-2-17(14,15)16/h3H,1-2H2,(H,9,10)(H,11,12)(H2,7,8,13)(H2,14,15,16)/t3-/m0/s1. The van der Waals surface area contributed by atoms with Crippen LogP contribution in [0.15, 0.2) is 0 Å². The summed E-state index contributed by atoms with van der Waals surface area (Å²) in [7, 11) is -4.45. The second-order valence-electron chi connectivity index (χ2n) is 2.96. The first-order valence-corrected chi connectivity index (χ1v) is 5.95. The number of carboxylic acid groups (broad SMARTS) is 2. The number of hydrogen-bond acceptors (Lipinski definition) is 4. The third kappa shape index (κ3) is 8.20. The van der Waals surface area contributed by atoms with Crippen molar-refractivity contribution in [3.05, 3.63) is 0 Å². The Bertz CT molecular complexity index is 363. The van der Waals surface area contributed by atoms with Gasteiger partial charge in [-0.05, 0) is 0 Å². The Morgan fingerprint density at radius 3 is 2.06 bits per heavy atom. The number of urea groups is 1. The Labute approximate surface area is 94.8 Å². The zero-order chi connectivity index (χ0) is 13.6. The lowest BCUT2D eigenvalue weighted by molar-refractivity contribution is -0.145. The van der Waals surface area contributed by atoms with Crippen LogP contribution in [0.1, 0.15) is 6.42 Å². The van der Waals surface area contributed by atoms with Crippen molar-refractivity contribution in [2.24, 2.45) is 0 Å². The van der Waals surface area contributed by atoms with Crippen molar-refractivity contribution >= 4 is 25.6 Å². The van der Waals surface area contributed by atoms with Crippen LogP contribution in [0.3, 0.4) is 0 Å². The first kappa shape index (κ1) is 15.4. The molecule has 0 aliphatic carbocycles. The largest absolute Gasteiger partial charge is 0.481 e. The van der Waals surface area contributed by atoms with Gasteiger partial charge < -0.3 is 30.6 Å². The number of carbonyl (C=O) groups excluding carboxylic acids is 1. The summed E-state index contributed by atoms with van der Waals surface area (Å²) in [6.07, 6.45) is -1.82. The lowest BCUT2D eigenvalue weighted by Crippen LogP contribution is -2.47. The summed E-state index contributed by atoms with van der Waals surface area (Å²) in [5, 5.41) is 20.3. The van der Waals surface area contributed by atoms with Crippen LogP contribution < -0.4 is 10.6 Å². The molecule has 0 aliphatic heterocycles. The van der Waals surface area contributed by atoms with Crippen LogP contribution >= 0.6 is 7.60 Å². The summed E-state index contributed by atoms with van der Waals surface area (Å²) >= 11 is 0. The van der Waals surface area contributed by atoms with Crippen LogP contribution in [0.5, 0.6) is 0 Å². The Morgan fingerprint density at radius 1 is 1.18 bits per heavy atom. The Balaban J connectivity index is 4.27. The highest BCUT2D eigenvalue weighted by Crippen LogP contribution is 2.31. The third-order valence-corrected chi connectivity index (χ3v) is 2.00. The first-order chi connectivity index (χ1) is 7.61. The van der Waals surface area contributed by atoms with Gasteiger partial charge >= 0.3 is 25.6 Å². The maximum atomic E-state index is 11.0. The van der Waals surface area contributed by atoms with Gasteiger partial charge in [0.25, 0.3) is 0 Å². The maximum Gasteiger partial charge on any atom is 0.344 e. The Morgan fingerprint density at radius 2 is 1.71 bits per heavy atom. The van der Waals surface area contributed by atoms with E-state index < -0.39 is 44.3 Å². The molecular weight excluding hydrogens is 259 g/mol. The van der Waals surface area contributed by atoms with Crippen LogP contribution in [0.4, 0.5) is 4.79 Å². The summed E-state index contributed by atoms with van der Waals surface area (Å²) in [6, 6.07) is -2.86. The fourth-order valence-corrected chi connectivity index (χ4v) is 1.11. The van der Waals surface area contributed by atoms with E-state index in [4.69, 9.17) is 20.0 Å². The molecule has 0 saturated carbocycles. The quantitative estimate of drug-likeness (QED) is 0.311. The van der Waals surface area contributed by atoms with E-state index in [1.807, 2.05) is 0 Å². The van der Waals surface area contributed by atoms with Crippen molar-refractivity contribution in [1.82, 2.24) is 10.6 Å². The molecule has 0 bridgehead atoms. The fraction of sp³-hybridized carbons (Fsp3) is 0.500. The highest BCUT2D eigenvalue weighted by atomic mass is 31.2. The molecule has 0 heterocycles. The van der Waals surface area contributed by atoms with Gasteiger partial charge in [-0.25, -0.2) is 9.59 Å². The van der Waals surface area contributed by atoms with Crippen molar-refractivity contribution in [2.75, 3.05) is 6.29 Å². The smallest absolute Gasteiger partial charge is 0.344 e. The number of carbonyl (C=O) groups is 3. The van der Waals surface area contributed by atoms with Crippen LogP contribution in [-0.2, 0) is 14.2 Å². The van der Waals surface area contributed by atoms with E-state index in [-0.39, 0.29) is 0 Å². The number of amides is 2. The van der Waals surface area contributed by atoms with Crippen molar-refractivity contribution in [3.8, 4) is 0 Å². The molecule has 0 aromatic carbocycles. The summed E-state index contributed by atoms with van der Waals surface area (Å²) in [5.41, 5.74) is 0. The molecule has 0 aromatic heterocycles. The van der Waals surface area contributed by atoms with Crippen molar-refractivity contribution < 1.29 is 38.9 Å². The third-order valence-electron chi connectivity index (χ3n) is 1.43. The molecule has 0 aliphatic rings. The topological polar surface area (TPSA) is 173 Å². The summed E-state index contributed by atoms with van der Waals surface area (Å²) in [4.78, 5) is 48.6. The SMILES string of the molecule is O=C(O)C[C@H](NC(=O)NCP(=O)(O)O)C(=O)O. The normalized spacial score (nSPS) is 12.6. The first-order valence-electron chi connectivity index (χ1n) is 4.15. The van der Waals surface area contributed by atoms with Gasteiger partial charge in [-0.1, -0.05) is 0 Å². The van der Waals surface area contributed by atoms with E-state index in [0.717, 1.165) is 0 Å². The molecule has 10 nitrogen and oxygen atoms in total. The van der Waals surface area contributed by atoms with Gasteiger partial charge in [0.2, 0.25) is 0 Å². The zero-order valence-electron chi connectivity index (χ0n) is 8.36. The number of rotatable bonds is 6. The molecular formula is C6H11N2O8P. The van der Waals surface area contributed by atoms with Gasteiger partial charge in [-0.2, -0.15) is 0 Å². The van der Waals surface area contributed by atoms with Crippen LogP contribution in [0.2, 0.25) is 0 Å². The molecule has 6 N–H and O–H groups in total. The van der Waals surface area contributed by atoms with E-state index in [2.05, 4.69) is 0 Å². The minimum Gasteiger partial charge on any atom is -0.481 e. The number of aliphatic carboxylic acids is 2. The average molecular weight is 270 g/mol. The summed E-state index contributed by atoms with van der Waals surface area (Å²) < 4.78 is 10.4. The van der Waals surface area contributed by atoms with Gasteiger partial charge in [0.15, 0.2) is 0 Å². The van der Waals surface area contributed by atoms with Crippen LogP contribution in [0.25, 0.3) is 0 Å². The molecule has 17 heavy (non-hydrogen) atoms. The lowest BCUT2D eigenvalue weighted by atomic mass is 10.2. The van der Waals surface area contributed by atoms with Crippen molar-refractivity contribution in [2.45, 2.75) is 12.5 Å². The molecule has 0 spiro atoms. The number of carboxylic acids is 2. The van der Waals surface area contributed by atoms with Gasteiger partial charge in [-0.3, -0.25) is 9.36 Å². The molecule has 98 valence electrons. The van der Waals surface area contributed by atoms with E-state index in [0.29, 0.717) is 0 Å². The molecule has 0 unspecified atom stereocenters. The molecule has 1 atom stereocenters. The predicted octanol–water partition coefficient (Wildman–Crippen LogP) is -1.65. The molecule has 0 fully saturated rings. The maximum absolute atomic E-state index is 11.0. The summed E-state index contributed by atoms with van der Waals surface area (Å²) in [5.74, 6) is -3.01. The van der Waals surface area contributed by atoms with Gasteiger partial charge in [-0.15, -0.1) is 0 Å². The van der Waals surface area contributed by atoms with Crippen LogP contribution in [-0.4, -0.2) is 50.3 Å². The molecule has 11 heteroatoms. The van der Waals surface area contributed by atoms with Gasteiger partial charge in [0.1, 0.15) is 12.3 Å². The van der Waals surface area contributed by atoms with E-state index >= 15 is 0 Å². The van der Waals surface area contributed by atoms with Crippen LogP contribution in [0, 0.1) is 0 Å². The highest BCUT2D eigenvalue weighted by Gasteiger charge is 2.23.